The van der Waals surface area contributed by atoms with E-state index >= 15 is 0 Å². The largest absolute Gasteiger partial charge is 0.462 e. The zero-order valence-corrected chi connectivity index (χ0v) is 21.2. The Morgan fingerprint density at radius 3 is 2.38 bits per heavy atom. The molecule has 2 atom stereocenters. The summed E-state index contributed by atoms with van der Waals surface area (Å²) in [6.07, 6.45) is 4.11. The molecule has 7 nitrogen and oxygen atoms in total. The summed E-state index contributed by atoms with van der Waals surface area (Å²) in [5.74, 6) is -0.450. The lowest BCUT2D eigenvalue weighted by Gasteiger charge is -2.46. The predicted molar refractivity (Wildman–Crippen MR) is 129 cm³/mol. The van der Waals surface area contributed by atoms with E-state index < -0.39 is 28.3 Å². The van der Waals surface area contributed by atoms with Crippen molar-refractivity contribution < 1.29 is 28.2 Å². The van der Waals surface area contributed by atoms with Crippen LogP contribution in [0.5, 0.6) is 0 Å². The van der Waals surface area contributed by atoms with Gasteiger partial charge in [0.25, 0.3) is 0 Å². The van der Waals surface area contributed by atoms with Gasteiger partial charge in [0.15, 0.2) is 0 Å². The van der Waals surface area contributed by atoms with Gasteiger partial charge in [0.1, 0.15) is 5.60 Å². The molecule has 0 aliphatic carbocycles. The molecule has 0 amide bonds. The van der Waals surface area contributed by atoms with E-state index in [0.717, 1.165) is 23.8 Å². The maximum Gasteiger partial charge on any atom is 0.419 e. The fourth-order valence-corrected chi connectivity index (χ4v) is 7.99. The average Bonchev–Trinajstić information content (AvgIpc) is 3.06. The van der Waals surface area contributed by atoms with Crippen LogP contribution in [0.4, 0.5) is 4.79 Å². The second kappa shape index (κ2) is 8.34. The van der Waals surface area contributed by atoms with Crippen LogP contribution in [0.15, 0.2) is 22.8 Å². The fraction of sp³-hybridized carbons (Fsp3) is 0.565. The Balaban J connectivity index is 1.87. The highest BCUT2D eigenvalue weighted by Crippen LogP contribution is 2.66. The van der Waals surface area contributed by atoms with Gasteiger partial charge < -0.3 is 9.47 Å². The number of esters is 1. The van der Waals surface area contributed by atoms with E-state index in [1.54, 1.807) is 40.0 Å². The minimum absolute atomic E-state index is 0.0583. The zero-order valence-electron chi connectivity index (χ0n) is 18.8. The van der Waals surface area contributed by atoms with Crippen LogP contribution in [0.3, 0.4) is 0 Å². The van der Waals surface area contributed by atoms with Gasteiger partial charge in [-0.15, -0.1) is 0 Å². The minimum Gasteiger partial charge on any atom is -0.462 e. The highest BCUT2D eigenvalue weighted by Gasteiger charge is 2.47. The summed E-state index contributed by atoms with van der Waals surface area (Å²) in [4.78, 5) is 25.9. The molecule has 9 heteroatoms. The number of fused-ring (bicyclic) bond motifs is 3. The molecule has 0 radical (unpaired) electrons. The number of carbonyl (C=O) groups excluding carboxylic acids is 2. The lowest BCUT2D eigenvalue weighted by atomic mass is 9.90. The van der Waals surface area contributed by atoms with E-state index in [0.29, 0.717) is 22.8 Å². The van der Waals surface area contributed by atoms with E-state index in [1.807, 2.05) is 6.07 Å². The first-order chi connectivity index (χ1) is 14.9. The normalized spacial score (nSPS) is 25.5. The molecule has 3 heterocycles. The second-order valence-electron chi connectivity index (χ2n) is 9.63. The third-order valence-electron chi connectivity index (χ3n) is 6.31. The number of aromatic nitrogens is 1. The van der Waals surface area contributed by atoms with Crippen molar-refractivity contribution in [1.82, 2.24) is 4.57 Å². The van der Waals surface area contributed by atoms with Gasteiger partial charge in [0, 0.05) is 26.6 Å². The van der Waals surface area contributed by atoms with Crippen LogP contribution in [0, 0.1) is 0 Å². The molecule has 2 aliphatic rings. The molecule has 0 spiro atoms. The third-order valence-corrected chi connectivity index (χ3v) is 9.58. The van der Waals surface area contributed by atoms with Crippen LogP contribution >= 0.6 is 26.5 Å². The molecule has 2 N–H and O–H groups in total. The first-order valence-corrected chi connectivity index (χ1v) is 13.4. The molecule has 2 saturated heterocycles. The number of halogens is 1. The summed E-state index contributed by atoms with van der Waals surface area (Å²) in [5, 5.41) is 0.529. The number of rotatable bonds is 3. The van der Waals surface area contributed by atoms with Crippen LogP contribution in [-0.2, 0) is 9.47 Å². The van der Waals surface area contributed by atoms with Crippen molar-refractivity contribution in [2.75, 3.05) is 6.61 Å². The molecule has 32 heavy (non-hydrogen) atoms. The van der Waals surface area contributed by atoms with Crippen molar-refractivity contribution >= 4 is 49.5 Å². The van der Waals surface area contributed by atoms with E-state index in [-0.39, 0.29) is 28.6 Å². The Morgan fingerprint density at radius 1 is 1.19 bits per heavy atom. The number of nitrogens with zero attached hydrogens (tertiary/aromatic N) is 1. The summed E-state index contributed by atoms with van der Waals surface area (Å²) in [6.45, 7) is 7.34. The smallest absolute Gasteiger partial charge is 0.419 e. The third kappa shape index (κ3) is 4.20. The van der Waals surface area contributed by atoms with Crippen LogP contribution < -0.4 is 0 Å². The van der Waals surface area contributed by atoms with Crippen LogP contribution in [0.1, 0.15) is 75.2 Å². The highest BCUT2D eigenvalue weighted by molar-refractivity contribution is 9.10. The average molecular weight is 528 g/mol. The molecule has 2 unspecified atom stereocenters. The van der Waals surface area contributed by atoms with Crippen molar-refractivity contribution in [3.8, 4) is 0 Å². The van der Waals surface area contributed by atoms with E-state index in [9.17, 15) is 18.7 Å². The van der Waals surface area contributed by atoms with Crippen molar-refractivity contribution in [2.24, 2.45) is 0 Å². The Hall–Kier alpha value is -1.55. The molecule has 1 aromatic carbocycles. The summed E-state index contributed by atoms with van der Waals surface area (Å²) in [6, 6.07) is 3.56. The second-order valence-corrected chi connectivity index (χ2v) is 13.2. The van der Waals surface area contributed by atoms with E-state index in [2.05, 4.69) is 15.9 Å². The van der Waals surface area contributed by atoms with Gasteiger partial charge in [-0.2, -0.15) is 10.6 Å². The summed E-state index contributed by atoms with van der Waals surface area (Å²) >= 11 is 3.50. The summed E-state index contributed by atoms with van der Waals surface area (Å²) in [5.41, 5.74) is 0.967. The van der Waals surface area contributed by atoms with Crippen molar-refractivity contribution in [3.63, 3.8) is 0 Å². The monoisotopic (exact) mass is 527 g/mol. The first kappa shape index (κ1) is 23.6. The molecule has 2 aromatic rings. The van der Waals surface area contributed by atoms with Gasteiger partial charge in [0.05, 0.1) is 17.7 Å². The van der Waals surface area contributed by atoms with Gasteiger partial charge in [0.2, 0.25) is 0 Å². The highest BCUT2D eigenvalue weighted by atomic mass is 79.9. The Bertz CT molecular complexity index is 1060. The number of hydrogen-bond donors (Lipinski definition) is 2. The van der Waals surface area contributed by atoms with E-state index in [1.165, 1.54) is 4.57 Å². The molecule has 1 aromatic heterocycles. The molecule has 176 valence electrons. The predicted octanol–water partition coefficient (Wildman–Crippen LogP) is 6.52. The number of benzene rings is 1. The number of ether oxygens (including phenoxy) is 2. The SMILES string of the molecule is CCOC(=O)c1cc(Br)cc2c(C3CC4CCC(C3)S4(O)O)cn(C(=O)OC(C)(C)C)c12. The molecule has 0 saturated carbocycles. The number of carbonyl (C=O) groups is 2. The molecule has 2 bridgehead atoms. The Labute approximate surface area is 197 Å². The fourth-order valence-electron chi connectivity index (χ4n) is 4.99. The van der Waals surface area contributed by atoms with Gasteiger partial charge in [-0.05, 0) is 77.0 Å². The molecular formula is C23H30BrNO6S. The standard InChI is InChI=1S/C23H30BrNO6S/c1-5-30-21(26)18-11-14(24)10-17-19(12-25(20(17)18)22(27)31-23(2,3)4)13-8-15-6-7-16(9-13)32(15,28)29/h10-13,15-16,28-29H,5-9H2,1-4H3. The topological polar surface area (TPSA) is 98.0 Å². The maximum atomic E-state index is 13.1. The molecular weight excluding hydrogens is 498 g/mol. The summed E-state index contributed by atoms with van der Waals surface area (Å²) < 4.78 is 34.2. The maximum absolute atomic E-state index is 13.1. The van der Waals surface area contributed by atoms with Gasteiger partial charge in [-0.3, -0.25) is 13.7 Å². The molecule has 2 aliphatic heterocycles. The quantitative estimate of drug-likeness (QED) is 0.440. The van der Waals surface area contributed by atoms with Gasteiger partial charge in [-0.1, -0.05) is 15.9 Å². The van der Waals surface area contributed by atoms with Crippen molar-refractivity contribution in [3.05, 3.63) is 33.9 Å². The van der Waals surface area contributed by atoms with Crippen molar-refractivity contribution in [1.29, 1.82) is 0 Å². The lowest BCUT2D eigenvalue weighted by Crippen LogP contribution is -2.28. The van der Waals surface area contributed by atoms with Gasteiger partial charge in [-0.25, -0.2) is 9.59 Å². The van der Waals surface area contributed by atoms with Crippen LogP contribution in [0.25, 0.3) is 10.9 Å². The zero-order chi connectivity index (χ0) is 23.4. The summed E-state index contributed by atoms with van der Waals surface area (Å²) in [7, 11) is -2.58. The van der Waals surface area contributed by atoms with Crippen LogP contribution in [-0.4, -0.2) is 48.4 Å². The number of hydrogen-bond acceptors (Lipinski definition) is 6. The van der Waals surface area contributed by atoms with Crippen LogP contribution in [0.2, 0.25) is 0 Å². The molecule has 4 rings (SSSR count). The molecule has 2 fully saturated rings. The Morgan fingerprint density at radius 2 is 1.81 bits per heavy atom. The van der Waals surface area contributed by atoms with Crippen molar-refractivity contribution in [2.45, 2.75) is 75.4 Å². The van der Waals surface area contributed by atoms with E-state index in [4.69, 9.17) is 9.47 Å². The van der Waals surface area contributed by atoms with Gasteiger partial charge >= 0.3 is 12.1 Å². The lowest BCUT2D eigenvalue weighted by molar-refractivity contribution is 0.0527. The first-order valence-electron chi connectivity index (χ1n) is 10.9. The minimum atomic E-state index is -2.58. The Kier molecular flexibility index (Phi) is 6.15.